The quantitative estimate of drug-likeness (QED) is 0.628. The number of hydrogen-bond acceptors (Lipinski definition) is 2. The van der Waals surface area contributed by atoms with Crippen molar-refractivity contribution >= 4 is 6.29 Å². The van der Waals surface area contributed by atoms with Crippen LogP contribution in [-0.4, -0.2) is 11.4 Å². The summed E-state index contributed by atoms with van der Waals surface area (Å²) in [6.07, 6.45) is 8.74. The van der Waals surface area contributed by atoms with Crippen LogP contribution in [0.25, 0.3) is 0 Å². The molecule has 0 aromatic heterocycles. The highest BCUT2D eigenvalue weighted by atomic mass is 16.3. The minimum atomic E-state index is 0.340. The predicted molar refractivity (Wildman–Crippen MR) is 43.3 cm³/mol. The summed E-state index contributed by atoms with van der Waals surface area (Å²) in [5, 5.41) is 8.96. The fraction of sp³-hybridized carbons (Fsp3) is 0.444. The van der Waals surface area contributed by atoms with Gasteiger partial charge in [-0.05, 0) is 30.9 Å². The summed E-state index contributed by atoms with van der Waals surface area (Å²) in [6.45, 7) is 0. The predicted octanol–water partition coefficient (Wildman–Crippen LogP) is 1.98. The summed E-state index contributed by atoms with van der Waals surface area (Å²) in [4.78, 5) is 10.0. The lowest BCUT2D eigenvalue weighted by Crippen LogP contribution is -1.99. The topological polar surface area (TPSA) is 37.3 Å². The van der Waals surface area contributed by atoms with E-state index in [-0.39, 0.29) is 0 Å². The molecule has 1 aliphatic rings. The fourth-order valence-electron chi connectivity index (χ4n) is 1.15. The summed E-state index contributed by atoms with van der Waals surface area (Å²) < 4.78 is 0. The zero-order valence-corrected chi connectivity index (χ0v) is 6.36. The Labute approximate surface area is 66.2 Å². The molecule has 0 aliphatic heterocycles. The van der Waals surface area contributed by atoms with Gasteiger partial charge in [0.05, 0.1) is 0 Å². The Balaban J connectivity index is 2.31. The van der Waals surface area contributed by atoms with Crippen molar-refractivity contribution in [1.82, 2.24) is 0 Å². The van der Waals surface area contributed by atoms with E-state index in [9.17, 15) is 4.79 Å². The smallest absolute Gasteiger partial charge is 0.120 e. The molecule has 0 saturated heterocycles. The molecule has 0 saturated carbocycles. The van der Waals surface area contributed by atoms with Gasteiger partial charge in [0.1, 0.15) is 12.0 Å². The highest BCUT2D eigenvalue weighted by Gasteiger charge is 2.06. The standard InChI is InChI=1S/C9H12O2/c10-7-1-2-8-3-5-9(11)6-4-8/h3,5-8,11H,1-2,4H2. The average Bonchev–Trinajstić information content (AvgIpc) is 2.04. The van der Waals surface area contributed by atoms with Crippen LogP contribution in [-0.2, 0) is 4.79 Å². The lowest BCUT2D eigenvalue weighted by molar-refractivity contribution is -0.108. The lowest BCUT2D eigenvalue weighted by atomic mass is 9.95. The number of carbonyl (C=O) groups is 1. The van der Waals surface area contributed by atoms with Crippen LogP contribution in [0.5, 0.6) is 0 Å². The van der Waals surface area contributed by atoms with Crippen molar-refractivity contribution in [2.45, 2.75) is 19.3 Å². The summed E-state index contributed by atoms with van der Waals surface area (Å²) >= 11 is 0. The van der Waals surface area contributed by atoms with Gasteiger partial charge in [-0.1, -0.05) is 6.08 Å². The van der Waals surface area contributed by atoms with E-state index in [0.29, 0.717) is 18.1 Å². The average molecular weight is 152 g/mol. The van der Waals surface area contributed by atoms with Crippen molar-refractivity contribution in [2.24, 2.45) is 5.92 Å². The fourth-order valence-corrected chi connectivity index (χ4v) is 1.15. The molecule has 0 spiro atoms. The van der Waals surface area contributed by atoms with Crippen LogP contribution in [0.1, 0.15) is 19.3 Å². The summed E-state index contributed by atoms with van der Waals surface area (Å²) in [5.74, 6) is 0.781. The van der Waals surface area contributed by atoms with Crippen LogP contribution >= 0.6 is 0 Å². The molecule has 0 bridgehead atoms. The van der Waals surface area contributed by atoms with Crippen LogP contribution in [0.2, 0.25) is 0 Å². The highest BCUT2D eigenvalue weighted by Crippen LogP contribution is 2.18. The molecule has 1 rings (SSSR count). The molecule has 2 nitrogen and oxygen atoms in total. The van der Waals surface area contributed by atoms with Gasteiger partial charge in [-0.15, -0.1) is 0 Å². The van der Waals surface area contributed by atoms with Crippen LogP contribution in [0.3, 0.4) is 0 Å². The van der Waals surface area contributed by atoms with Gasteiger partial charge in [-0.3, -0.25) is 0 Å². The van der Waals surface area contributed by atoms with Crippen LogP contribution in [0.4, 0.5) is 0 Å². The second-order valence-corrected chi connectivity index (χ2v) is 2.73. The Bertz CT molecular complexity index is 192. The molecule has 0 radical (unpaired) electrons. The van der Waals surface area contributed by atoms with Gasteiger partial charge in [0.2, 0.25) is 0 Å². The van der Waals surface area contributed by atoms with E-state index in [2.05, 4.69) is 0 Å². The van der Waals surface area contributed by atoms with E-state index in [4.69, 9.17) is 5.11 Å². The van der Waals surface area contributed by atoms with Crippen molar-refractivity contribution < 1.29 is 9.90 Å². The highest BCUT2D eigenvalue weighted by molar-refractivity contribution is 5.49. The number of aliphatic hydroxyl groups is 1. The molecule has 0 aromatic carbocycles. The molecule has 1 N–H and O–H groups in total. The van der Waals surface area contributed by atoms with Crippen LogP contribution in [0, 0.1) is 5.92 Å². The van der Waals surface area contributed by atoms with Gasteiger partial charge in [0, 0.05) is 6.42 Å². The number of hydrogen-bond donors (Lipinski definition) is 1. The molecule has 1 atom stereocenters. The third-order valence-corrected chi connectivity index (χ3v) is 1.82. The normalized spacial score (nSPS) is 22.9. The molecule has 2 heteroatoms. The monoisotopic (exact) mass is 152 g/mol. The molecular formula is C9H12O2. The van der Waals surface area contributed by atoms with Crippen molar-refractivity contribution in [3.8, 4) is 0 Å². The molecule has 0 heterocycles. The maximum Gasteiger partial charge on any atom is 0.120 e. The molecule has 60 valence electrons. The van der Waals surface area contributed by atoms with Crippen molar-refractivity contribution in [2.75, 3.05) is 0 Å². The molecule has 0 amide bonds. The first kappa shape index (κ1) is 8.05. The summed E-state index contributed by atoms with van der Waals surface area (Å²) in [7, 11) is 0. The van der Waals surface area contributed by atoms with Crippen LogP contribution in [0.15, 0.2) is 24.0 Å². The molecule has 0 aromatic rings. The third kappa shape index (κ3) is 2.58. The second kappa shape index (κ2) is 3.96. The zero-order chi connectivity index (χ0) is 8.10. The van der Waals surface area contributed by atoms with Crippen LogP contribution < -0.4 is 0 Å². The zero-order valence-electron chi connectivity index (χ0n) is 6.36. The largest absolute Gasteiger partial charge is 0.508 e. The number of aliphatic hydroxyl groups excluding tert-OH is 1. The van der Waals surface area contributed by atoms with Gasteiger partial charge in [-0.2, -0.15) is 0 Å². The second-order valence-electron chi connectivity index (χ2n) is 2.73. The molecule has 1 unspecified atom stereocenters. The van der Waals surface area contributed by atoms with Crippen molar-refractivity contribution in [1.29, 1.82) is 0 Å². The van der Waals surface area contributed by atoms with Gasteiger partial charge in [0.25, 0.3) is 0 Å². The molecule has 0 fully saturated rings. The van der Waals surface area contributed by atoms with E-state index in [0.717, 1.165) is 19.1 Å². The Morgan fingerprint density at radius 2 is 2.55 bits per heavy atom. The summed E-state index contributed by atoms with van der Waals surface area (Å²) in [6, 6.07) is 0. The Kier molecular flexibility index (Phi) is 2.90. The minimum Gasteiger partial charge on any atom is -0.508 e. The first-order valence-corrected chi connectivity index (χ1v) is 3.84. The lowest BCUT2D eigenvalue weighted by Gasteiger charge is -2.11. The van der Waals surface area contributed by atoms with E-state index >= 15 is 0 Å². The van der Waals surface area contributed by atoms with Gasteiger partial charge >= 0.3 is 0 Å². The molecule has 11 heavy (non-hydrogen) atoms. The summed E-state index contributed by atoms with van der Waals surface area (Å²) in [5.41, 5.74) is 0. The maximum absolute atomic E-state index is 10.0. The third-order valence-electron chi connectivity index (χ3n) is 1.82. The van der Waals surface area contributed by atoms with E-state index in [1.165, 1.54) is 0 Å². The number of allylic oxidation sites excluding steroid dienone is 3. The Morgan fingerprint density at radius 3 is 3.09 bits per heavy atom. The van der Waals surface area contributed by atoms with Crippen molar-refractivity contribution in [3.63, 3.8) is 0 Å². The maximum atomic E-state index is 10.0. The SMILES string of the molecule is O=CCCC1C=CC(O)=CC1. The van der Waals surface area contributed by atoms with Gasteiger partial charge in [-0.25, -0.2) is 0 Å². The number of carbonyl (C=O) groups excluding carboxylic acids is 1. The number of aldehydes is 1. The Morgan fingerprint density at radius 1 is 1.73 bits per heavy atom. The Hall–Kier alpha value is -1.05. The molecular weight excluding hydrogens is 140 g/mol. The first-order valence-electron chi connectivity index (χ1n) is 3.84. The van der Waals surface area contributed by atoms with E-state index in [1.807, 2.05) is 6.08 Å². The number of rotatable bonds is 3. The van der Waals surface area contributed by atoms with E-state index < -0.39 is 0 Å². The van der Waals surface area contributed by atoms with Gasteiger partial charge in [0.15, 0.2) is 0 Å². The molecule has 1 aliphatic carbocycles. The van der Waals surface area contributed by atoms with Crippen molar-refractivity contribution in [3.05, 3.63) is 24.0 Å². The van der Waals surface area contributed by atoms with E-state index in [1.54, 1.807) is 12.2 Å². The minimum absolute atomic E-state index is 0.340. The van der Waals surface area contributed by atoms with Gasteiger partial charge < -0.3 is 9.90 Å². The first-order chi connectivity index (χ1) is 5.33.